The molecule has 0 aromatic rings. The maximum absolute atomic E-state index is 2.78. The van der Waals surface area contributed by atoms with Crippen LogP contribution in [0.4, 0.5) is 0 Å². The summed E-state index contributed by atoms with van der Waals surface area (Å²) in [6.07, 6.45) is 4.24. The van der Waals surface area contributed by atoms with Crippen molar-refractivity contribution in [2.75, 3.05) is 32.7 Å². The molecule has 1 unspecified atom stereocenters. The van der Waals surface area contributed by atoms with E-state index in [1.54, 1.807) is 0 Å². The van der Waals surface area contributed by atoms with E-state index in [0.717, 1.165) is 17.9 Å². The average Bonchev–Trinajstić information content (AvgIpc) is 2.91. The SMILES string of the molecule is CC.CCN1CCC(N2CCC(C(C)C)C2)CC1. The summed E-state index contributed by atoms with van der Waals surface area (Å²) >= 11 is 0. The number of rotatable bonds is 3. The zero-order valence-corrected chi connectivity index (χ0v) is 13.3. The van der Waals surface area contributed by atoms with Gasteiger partial charge in [0.15, 0.2) is 0 Å². The minimum Gasteiger partial charge on any atom is -0.303 e. The van der Waals surface area contributed by atoms with Crippen molar-refractivity contribution in [1.29, 1.82) is 0 Å². The van der Waals surface area contributed by atoms with Gasteiger partial charge in [0.2, 0.25) is 0 Å². The van der Waals surface area contributed by atoms with Gasteiger partial charge in [-0.3, -0.25) is 4.90 Å². The Balaban J connectivity index is 0.000000771. The minimum atomic E-state index is 0.876. The third kappa shape index (κ3) is 4.24. The molecule has 2 nitrogen and oxygen atoms in total. The van der Waals surface area contributed by atoms with Crippen LogP contribution in [0.3, 0.4) is 0 Å². The summed E-state index contributed by atoms with van der Waals surface area (Å²) in [7, 11) is 0. The van der Waals surface area contributed by atoms with Crippen molar-refractivity contribution in [3.63, 3.8) is 0 Å². The van der Waals surface area contributed by atoms with Gasteiger partial charge in [0.25, 0.3) is 0 Å². The molecular formula is C16H34N2. The van der Waals surface area contributed by atoms with Gasteiger partial charge in [-0.2, -0.15) is 0 Å². The van der Waals surface area contributed by atoms with Crippen LogP contribution < -0.4 is 0 Å². The fraction of sp³-hybridized carbons (Fsp3) is 1.00. The molecule has 18 heavy (non-hydrogen) atoms. The number of hydrogen-bond donors (Lipinski definition) is 0. The van der Waals surface area contributed by atoms with Crippen LogP contribution in [0.1, 0.15) is 53.9 Å². The Labute approximate surface area is 115 Å². The van der Waals surface area contributed by atoms with Crippen molar-refractivity contribution < 1.29 is 0 Å². The van der Waals surface area contributed by atoms with Gasteiger partial charge in [-0.25, -0.2) is 0 Å². The molecule has 0 aromatic carbocycles. The van der Waals surface area contributed by atoms with Crippen molar-refractivity contribution in [2.24, 2.45) is 11.8 Å². The number of hydrogen-bond acceptors (Lipinski definition) is 2. The molecule has 2 saturated heterocycles. The quantitative estimate of drug-likeness (QED) is 0.761. The average molecular weight is 254 g/mol. The van der Waals surface area contributed by atoms with E-state index in [9.17, 15) is 0 Å². The third-order valence-corrected chi connectivity index (χ3v) is 4.72. The van der Waals surface area contributed by atoms with Gasteiger partial charge < -0.3 is 4.90 Å². The molecule has 0 N–H and O–H groups in total. The highest BCUT2D eigenvalue weighted by molar-refractivity contribution is 4.86. The number of nitrogens with zero attached hydrogens (tertiary/aromatic N) is 2. The lowest BCUT2D eigenvalue weighted by Gasteiger charge is -2.36. The molecule has 2 rings (SSSR count). The number of likely N-dealkylation sites (tertiary alicyclic amines) is 2. The second kappa shape index (κ2) is 8.16. The summed E-state index contributed by atoms with van der Waals surface area (Å²) in [6, 6.07) is 0.895. The van der Waals surface area contributed by atoms with Crippen molar-refractivity contribution >= 4 is 0 Å². The molecular weight excluding hydrogens is 220 g/mol. The maximum atomic E-state index is 2.78. The van der Waals surface area contributed by atoms with E-state index in [1.165, 1.54) is 52.0 Å². The molecule has 108 valence electrons. The molecule has 2 aliphatic heterocycles. The maximum Gasteiger partial charge on any atom is 0.0120 e. The van der Waals surface area contributed by atoms with E-state index >= 15 is 0 Å². The van der Waals surface area contributed by atoms with E-state index < -0.39 is 0 Å². The van der Waals surface area contributed by atoms with Crippen LogP contribution in [0, 0.1) is 11.8 Å². The lowest BCUT2D eigenvalue weighted by Crippen LogP contribution is -2.44. The zero-order valence-electron chi connectivity index (χ0n) is 13.3. The van der Waals surface area contributed by atoms with E-state index in [0.29, 0.717) is 0 Å². The van der Waals surface area contributed by atoms with Crippen LogP contribution in [-0.4, -0.2) is 48.6 Å². The van der Waals surface area contributed by atoms with Crippen molar-refractivity contribution in [1.82, 2.24) is 9.80 Å². The van der Waals surface area contributed by atoms with Crippen LogP contribution in [0.2, 0.25) is 0 Å². The lowest BCUT2D eigenvalue weighted by atomic mass is 9.95. The van der Waals surface area contributed by atoms with Gasteiger partial charge in [0.1, 0.15) is 0 Å². The van der Waals surface area contributed by atoms with Gasteiger partial charge in [-0.15, -0.1) is 0 Å². The van der Waals surface area contributed by atoms with Gasteiger partial charge in [-0.05, 0) is 57.3 Å². The highest BCUT2D eigenvalue weighted by Crippen LogP contribution is 2.28. The first-order chi connectivity index (χ1) is 8.70. The monoisotopic (exact) mass is 254 g/mol. The summed E-state index contributed by atoms with van der Waals surface area (Å²) in [5, 5.41) is 0. The van der Waals surface area contributed by atoms with Crippen LogP contribution >= 0.6 is 0 Å². The molecule has 1 atom stereocenters. The summed E-state index contributed by atoms with van der Waals surface area (Å²) in [6.45, 7) is 17.7. The fourth-order valence-electron chi connectivity index (χ4n) is 3.29. The van der Waals surface area contributed by atoms with Gasteiger partial charge in [0.05, 0.1) is 0 Å². The highest BCUT2D eigenvalue weighted by Gasteiger charge is 2.31. The second-order valence-electron chi connectivity index (χ2n) is 5.95. The molecule has 0 spiro atoms. The molecule has 2 heteroatoms. The number of piperidine rings is 1. The molecule has 0 radical (unpaired) electrons. The normalized spacial score (nSPS) is 27.3. The van der Waals surface area contributed by atoms with Crippen molar-refractivity contribution in [3.8, 4) is 0 Å². The minimum absolute atomic E-state index is 0.876. The molecule has 0 aromatic heterocycles. The standard InChI is InChI=1S/C14H28N2.C2H6/c1-4-15-8-6-14(7-9-15)16-10-5-13(11-16)12(2)3;1-2/h12-14H,4-11H2,1-3H3;1-2H3. The highest BCUT2D eigenvalue weighted by atomic mass is 15.2. The fourth-order valence-corrected chi connectivity index (χ4v) is 3.29. The molecule has 0 amide bonds. The van der Waals surface area contributed by atoms with E-state index in [-0.39, 0.29) is 0 Å². The molecule has 2 heterocycles. The predicted octanol–water partition coefficient (Wildman–Crippen LogP) is 3.47. The lowest BCUT2D eigenvalue weighted by molar-refractivity contribution is 0.125. The first-order valence-electron chi connectivity index (χ1n) is 8.17. The topological polar surface area (TPSA) is 6.48 Å². The van der Waals surface area contributed by atoms with E-state index in [2.05, 4.69) is 30.6 Å². The van der Waals surface area contributed by atoms with Gasteiger partial charge >= 0.3 is 0 Å². The van der Waals surface area contributed by atoms with Gasteiger partial charge in [-0.1, -0.05) is 34.6 Å². The van der Waals surface area contributed by atoms with Crippen LogP contribution in [0.15, 0.2) is 0 Å². The van der Waals surface area contributed by atoms with E-state index in [1.807, 2.05) is 13.8 Å². The van der Waals surface area contributed by atoms with Crippen LogP contribution in [-0.2, 0) is 0 Å². The Bertz CT molecular complexity index is 207. The molecule has 2 fully saturated rings. The second-order valence-corrected chi connectivity index (χ2v) is 5.95. The summed E-state index contributed by atoms with van der Waals surface area (Å²) in [5.74, 6) is 1.84. The Morgan fingerprint density at radius 2 is 1.61 bits per heavy atom. The first kappa shape index (κ1) is 16.0. The molecule has 2 aliphatic rings. The smallest absolute Gasteiger partial charge is 0.0120 e. The Kier molecular flexibility index (Phi) is 7.25. The van der Waals surface area contributed by atoms with Crippen LogP contribution in [0.5, 0.6) is 0 Å². The molecule has 0 aliphatic carbocycles. The van der Waals surface area contributed by atoms with Crippen LogP contribution in [0.25, 0.3) is 0 Å². The zero-order chi connectivity index (χ0) is 13.5. The Morgan fingerprint density at radius 1 is 1.00 bits per heavy atom. The summed E-state index contributed by atoms with van der Waals surface area (Å²) < 4.78 is 0. The molecule has 0 bridgehead atoms. The van der Waals surface area contributed by atoms with Crippen molar-refractivity contribution in [2.45, 2.75) is 59.9 Å². The van der Waals surface area contributed by atoms with E-state index in [4.69, 9.17) is 0 Å². The summed E-state index contributed by atoms with van der Waals surface area (Å²) in [5.41, 5.74) is 0. The largest absolute Gasteiger partial charge is 0.303 e. The summed E-state index contributed by atoms with van der Waals surface area (Å²) in [4.78, 5) is 5.37. The van der Waals surface area contributed by atoms with Crippen molar-refractivity contribution in [3.05, 3.63) is 0 Å². The first-order valence-corrected chi connectivity index (χ1v) is 8.17. The van der Waals surface area contributed by atoms with Gasteiger partial charge in [0, 0.05) is 12.6 Å². The Hall–Kier alpha value is -0.0800. The third-order valence-electron chi connectivity index (χ3n) is 4.72. The predicted molar refractivity (Wildman–Crippen MR) is 81.0 cm³/mol. The Morgan fingerprint density at radius 3 is 2.06 bits per heavy atom. The molecule has 0 saturated carbocycles.